The van der Waals surface area contributed by atoms with Crippen molar-refractivity contribution in [2.45, 2.75) is 31.9 Å². The van der Waals surface area contributed by atoms with Crippen molar-refractivity contribution in [3.8, 4) is 0 Å². The van der Waals surface area contributed by atoms with E-state index in [0.717, 1.165) is 5.56 Å². The zero-order valence-corrected chi connectivity index (χ0v) is 13.2. The molecule has 7 nitrogen and oxygen atoms in total. The van der Waals surface area contributed by atoms with Crippen molar-refractivity contribution in [2.24, 2.45) is 11.5 Å². The number of hydrogen-bond acceptors (Lipinski definition) is 6. The molecule has 128 valence electrons. The van der Waals surface area contributed by atoms with Crippen LogP contribution in [0, 0.1) is 0 Å². The summed E-state index contributed by atoms with van der Waals surface area (Å²) in [6, 6.07) is 8.73. The maximum Gasteiger partial charge on any atom is 0.407 e. The zero-order valence-electron chi connectivity index (χ0n) is 13.2. The molecule has 0 aromatic heterocycles. The van der Waals surface area contributed by atoms with Crippen molar-refractivity contribution in [2.75, 3.05) is 19.7 Å². The van der Waals surface area contributed by atoms with E-state index in [4.69, 9.17) is 20.9 Å². The van der Waals surface area contributed by atoms with Crippen LogP contribution in [0.15, 0.2) is 30.3 Å². The lowest BCUT2D eigenvalue weighted by molar-refractivity contribution is -0.145. The Balaban J connectivity index is 2.07. The molecule has 0 spiro atoms. The van der Waals surface area contributed by atoms with E-state index < -0.39 is 18.1 Å². The van der Waals surface area contributed by atoms with Gasteiger partial charge in [0.15, 0.2) is 0 Å². The van der Waals surface area contributed by atoms with Gasteiger partial charge in [-0.25, -0.2) is 4.79 Å². The lowest BCUT2D eigenvalue weighted by Crippen LogP contribution is -2.34. The molecule has 0 aliphatic rings. The molecule has 0 bridgehead atoms. The normalized spacial score (nSPS) is 11.6. The molecule has 23 heavy (non-hydrogen) atoms. The third-order valence-electron chi connectivity index (χ3n) is 3.07. The van der Waals surface area contributed by atoms with Crippen LogP contribution in [0.1, 0.15) is 24.8 Å². The van der Waals surface area contributed by atoms with Crippen LogP contribution < -0.4 is 16.8 Å². The van der Waals surface area contributed by atoms with E-state index in [1.165, 1.54) is 0 Å². The molecule has 1 amide bonds. The molecule has 0 aliphatic heterocycles. The first kappa shape index (κ1) is 18.9. The Hall–Kier alpha value is -2.12. The zero-order chi connectivity index (χ0) is 16.9. The van der Waals surface area contributed by atoms with Crippen molar-refractivity contribution in [1.29, 1.82) is 0 Å². The number of esters is 1. The summed E-state index contributed by atoms with van der Waals surface area (Å²) < 4.78 is 10.0. The number of carbonyl (C=O) groups is 2. The Morgan fingerprint density at radius 1 is 1.13 bits per heavy atom. The van der Waals surface area contributed by atoms with E-state index in [2.05, 4.69) is 5.32 Å². The van der Waals surface area contributed by atoms with Gasteiger partial charge in [0.05, 0.1) is 6.61 Å². The Morgan fingerprint density at radius 2 is 1.87 bits per heavy atom. The lowest BCUT2D eigenvalue weighted by Gasteiger charge is -2.11. The monoisotopic (exact) mass is 323 g/mol. The van der Waals surface area contributed by atoms with Gasteiger partial charge in [0.1, 0.15) is 12.6 Å². The number of amides is 1. The minimum absolute atomic E-state index is 0.222. The highest BCUT2D eigenvalue weighted by molar-refractivity contribution is 5.75. The van der Waals surface area contributed by atoms with Gasteiger partial charge in [0, 0.05) is 6.54 Å². The maximum absolute atomic E-state index is 11.5. The fourth-order valence-electron chi connectivity index (χ4n) is 1.77. The Morgan fingerprint density at radius 3 is 2.57 bits per heavy atom. The van der Waals surface area contributed by atoms with E-state index >= 15 is 0 Å². The Bertz CT molecular complexity index is 468. The summed E-state index contributed by atoms with van der Waals surface area (Å²) in [6.07, 6.45) is 1.12. The quantitative estimate of drug-likeness (QED) is 0.435. The number of alkyl carbamates (subject to hydrolysis) is 1. The molecule has 7 heteroatoms. The summed E-state index contributed by atoms with van der Waals surface area (Å²) in [6.45, 7) is 1.36. The third-order valence-corrected chi connectivity index (χ3v) is 3.07. The number of benzene rings is 1. The molecule has 0 aliphatic carbocycles. The topological polar surface area (TPSA) is 117 Å². The highest BCUT2D eigenvalue weighted by atomic mass is 16.5. The smallest absolute Gasteiger partial charge is 0.407 e. The molecule has 1 rings (SSSR count). The highest BCUT2D eigenvalue weighted by Crippen LogP contribution is 2.01. The van der Waals surface area contributed by atoms with Gasteiger partial charge in [-0.1, -0.05) is 30.3 Å². The summed E-state index contributed by atoms with van der Waals surface area (Å²) in [4.78, 5) is 23.0. The van der Waals surface area contributed by atoms with E-state index in [1.807, 2.05) is 30.3 Å². The predicted octanol–water partition coefficient (Wildman–Crippen LogP) is 0.912. The third kappa shape index (κ3) is 8.80. The molecule has 0 fully saturated rings. The number of hydrogen-bond donors (Lipinski definition) is 3. The second-order valence-electron chi connectivity index (χ2n) is 5.05. The van der Waals surface area contributed by atoms with E-state index in [-0.39, 0.29) is 13.2 Å². The van der Waals surface area contributed by atoms with Crippen LogP contribution in [0.4, 0.5) is 4.79 Å². The molecule has 0 saturated heterocycles. The second kappa shape index (κ2) is 11.4. The van der Waals surface area contributed by atoms with E-state index in [9.17, 15) is 9.59 Å². The van der Waals surface area contributed by atoms with Crippen LogP contribution in [0.2, 0.25) is 0 Å². The minimum atomic E-state index is -0.685. The van der Waals surface area contributed by atoms with Crippen LogP contribution >= 0.6 is 0 Å². The average Bonchev–Trinajstić information content (AvgIpc) is 2.57. The Kier molecular flexibility index (Phi) is 9.42. The molecule has 1 atom stereocenters. The van der Waals surface area contributed by atoms with Crippen molar-refractivity contribution in [1.82, 2.24) is 5.32 Å². The number of ether oxygens (including phenoxy) is 2. The maximum atomic E-state index is 11.5. The molecular formula is C16H25N3O4. The second-order valence-corrected chi connectivity index (χ2v) is 5.05. The minimum Gasteiger partial charge on any atom is -0.464 e. The van der Waals surface area contributed by atoms with E-state index in [0.29, 0.717) is 32.4 Å². The van der Waals surface area contributed by atoms with Crippen molar-refractivity contribution in [3.63, 3.8) is 0 Å². The van der Waals surface area contributed by atoms with Gasteiger partial charge in [-0.15, -0.1) is 0 Å². The predicted molar refractivity (Wildman–Crippen MR) is 86.5 cm³/mol. The number of nitrogens with two attached hydrogens (primary N) is 2. The van der Waals surface area contributed by atoms with Gasteiger partial charge < -0.3 is 26.3 Å². The van der Waals surface area contributed by atoms with Crippen LogP contribution in [0.25, 0.3) is 0 Å². The fourth-order valence-corrected chi connectivity index (χ4v) is 1.77. The fraction of sp³-hybridized carbons (Fsp3) is 0.500. The molecular weight excluding hydrogens is 298 g/mol. The summed E-state index contributed by atoms with van der Waals surface area (Å²) in [5, 5.41) is 2.61. The summed E-state index contributed by atoms with van der Waals surface area (Å²) in [5.41, 5.74) is 11.9. The molecule has 0 saturated carbocycles. The van der Waals surface area contributed by atoms with E-state index in [1.54, 1.807) is 0 Å². The number of rotatable bonds is 10. The van der Waals surface area contributed by atoms with Gasteiger partial charge in [0.25, 0.3) is 0 Å². The molecule has 1 aromatic carbocycles. The highest BCUT2D eigenvalue weighted by Gasteiger charge is 2.14. The van der Waals surface area contributed by atoms with Gasteiger partial charge in [-0.3, -0.25) is 4.79 Å². The number of carbonyl (C=O) groups excluding carboxylic acids is 2. The molecule has 0 unspecified atom stereocenters. The van der Waals surface area contributed by atoms with Gasteiger partial charge >= 0.3 is 12.1 Å². The van der Waals surface area contributed by atoms with Gasteiger partial charge in [0.2, 0.25) is 0 Å². The first-order valence-corrected chi connectivity index (χ1v) is 7.70. The first-order chi connectivity index (χ1) is 11.1. The first-order valence-electron chi connectivity index (χ1n) is 7.70. The summed E-state index contributed by atoms with van der Waals surface area (Å²) in [5.74, 6) is -0.440. The molecule has 5 N–H and O–H groups in total. The standard InChI is InChI=1S/C16H25N3O4/c17-9-5-11-22-15(20)14(18)8-4-10-19-16(21)23-12-13-6-2-1-3-7-13/h1-3,6-7,14H,4-5,8-12,17-18H2,(H,19,21)/t14-/m0/s1. The van der Waals surface area contributed by atoms with Gasteiger partial charge in [-0.2, -0.15) is 0 Å². The van der Waals surface area contributed by atoms with Crippen molar-refractivity contribution in [3.05, 3.63) is 35.9 Å². The van der Waals surface area contributed by atoms with Crippen LogP contribution in [0.3, 0.4) is 0 Å². The van der Waals surface area contributed by atoms with Crippen LogP contribution in [-0.2, 0) is 20.9 Å². The number of nitrogens with one attached hydrogen (secondary N) is 1. The summed E-state index contributed by atoms with van der Waals surface area (Å²) >= 11 is 0. The molecule has 0 heterocycles. The van der Waals surface area contributed by atoms with Crippen LogP contribution in [0.5, 0.6) is 0 Å². The van der Waals surface area contributed by atoms with Crippen LogP contribution in [-0.4, -0.2) is 37.8 Å². The summed E-state index contributed by atoms with van der Waals surface area (Å²) in [7, 11) is 0. The lowest BCUT2D eigenvalue weighted by atomic mass is 10.2. The van der Waals surface area contributed by atoms with Crippen molar-refractivity contribution < 1.29 is 19.1 Å². The Labute approximate surface area is 136 Å². The average molecular weight is 323 g/mol. The van der Waals surface area contributed by atoms with Crippen molar-refractivity contribution >= 4 is 12.1 Å². The molecule has 1 aromatic rings. The SMILES string of the molecule is NCCCOC(=O)[C@@H](N)CCCNC(=O)OCc1ccccc1. The molecule has 0 radical (unpaired) electrons. The van der Waals surface area contributed by atoms with Gasteiger partial charge in [-0.05, 0) is 31.4 Å². The largest absolute Gasteiger partial charge is 0.464 e.